The van der Waals surface area contributed by atoms with Crippen LogP contribution in [-0.2, 0) is 6.54 Å². The van der Waals surface area contributed by atoms with Gasteiger partial charge in [0, 0.05) is 32.0 Å². The molecule has 1 aromatic carbocycles. The van der Waals surface area contributed by atoms with E-state index in [2.05, 4.69) is 58.1 Å². The van der Waals surface area contributed by atoms with Crippen LogP contribution in [0.4, 0.5) is 0 Å². The third-order valence-corrected chi connectivity index (χ3v) is 6.48. The van der Waals surface area contributed by atoms with E-state index in [1.54, 1.807) is 0 Å². The van der Waals surface area contributed by atoms with Gasteiger partial charge in [0.15, 0.2) is 0 Å². The Morgan fingerprint density at radius 1 is 1.04 bits per heavy atom. The Labute approximate surface area is 158 Å². The van der Waals surface area contributed by atoms with E-state index in [4.69, 9.17) is 0 Å². The molecule has 3 heterocycles. The number of likely N-dealkylation sites (N-methyl/N-ethyl adjacent to an activating group) is 1. The molecule has 2 aliphatic rings. The molecular weight excluding hydrogens is 318 g/mol. The van der Waals surface area contributed by atoms with Gasteiger partial charge in [0.2, 0.25) is 0 Å². The van der Waals surface area contributed by atoms with Crippen LogP contribution in [0.15, 0.2) is 54.9 Å². The topological polar surface area (TPSA) is 19.4 Å². The van der Waals surface area contributed by atoms with E-state index in [9.17, 15) is 0 Å². The molecule has 1 spiro atoms. The van der Waals surface area contributed by atoms with E-state index in [0.717, 1.165) is 6.54 Å². The molecule has 3 heteroatoms. The maximum Gasteiger partial charge on any atom is 0.0312 e. The lowest BCUT2D eigenvalue weighted by Gasteiger charge is -2.50. The van der Waals surface area contributed by atoms with Gasteiger partial charge < -0.3 is 4.90 Å². The summed E-state index contributed by atoms with van der Waals surface area (Å²) in [7, 11) is 0. The molecule has 0 saturated carbocycles. The maximum atomic E-state index is 4.26. The minimum Gasteiger partial charge on any atom is -0.302 e. The lowest BCUT2D eigenvalue weighted by molar-refractivity contribution is 0.0137. The number of piperidine rings is 2. The summed E-state index contributed by atoms with van der Waals surface area (Å²) in [5, 5.41) is 0. The van der Waals surface area contributed by atoms with Crippen molar-refractivity contribution >= 4 is 0 Å². The molecule has 0 aliphatic carbocycles. The number of hydrogen-bond acceptors (Lipinski definition) is 3. The fourth-order valence-electron chi connectivity index (χ4n) is 4.99. The molecule has 0 N–H and O–H groups in total. The molecule has 4 rings (SSSR count). The molecule has 2 saturated heterocycles. The van der Waals surface area contributed by atoms with Crippen LogP contribution in [0, 0.1) is 5.41 Å². The SMILES string of the molecule is CCN1C[C@@H](c2ccccc2)CC2(CCN(Cc3cccnc3)CC2)C1. The van der Waals surface area contributed by atoms with Gasteiger partial charge in [0.05, 0.1) is 0 Å². The van der Waals surface area contributed by atoms with Gasteiger partial charge in [-0.2, -0.15) is 0 Å². The molecule has 0 amide bonds. The molecule has 1 aromatic heterocycles. The quantitative estimate of drug-likeness (QED) is 0.826. The zero-order valence-corrected chi connectivity index (χ0v) is 16.0. The Hall–Kier alpha value is -1.71. The zero-order valence-electron chi connectivity index (χ0n) is 16.0. The smallest absolute Gasteiger partial charge is 0.0312 e. The summed E-state index contributed by atoms with van der Waals surface area (Å²) >= 11 is 0. The van der Waals surface area contributed by atoms with Gasteiger partial charge in [-0.05, 0) is 67.4 Å². The highest BCUT2D eigenvalue weighted by atomic mass is 15.2. The van der Waals surface area contributed by atoms with E-state index in [-0.39, 0.29) is 0 Å². The number of nitrogens with zero attached hydrogens (tertiary/aromatic N) is 3. The second-order valence-electron chi connectivity index (χ2n) is 8.28. The molecule has 2 aliphatic heterocycles. The van der Waals surface area contributed by atoms with E-state index in [1.165, 1.54) is 63.1 Å². The molecule has 138 valence electrons. The van der Waals surface area contributed by atoms with Gasteiger partial charge in [0.1, 0.15) is 0 Å². The number of rotatable bonds is 4. The van der Waals surface area contributed by atoms with Crippen LogP contribution in [0.2, 0.25) is 0 Å². The predicted octanol–water partition coefficient (Wildman–Crippen LogP) is 4.17. The predicted molar refractivity (Wildman–Crippen MR) is 107 cm³/mol. The fraction of sp³-hybridized carbons (Fsp3) is 0.522. The monoisotopic (exact) mass is 349 g/mol. The number of hydrogen-bond donors (Lipinski definition) is 0. The standard InChI is InChI=1S/C23H31N3/c1-2-25-18-22(21-8-4-3-5-9-21)15-23(19-25)10-13-26(14-11-23)17-20-7-6-12-24-16-20/h3-9,12,16,22H,2,10-11,13-15,17-19H2,1H3/t22-/m0/s1. The summed E-state index contributed by atoms with van der Waals surface area (Å²) in [6.45, 7) is 9.48. The minimum atomic E-state index is 0.500. The first-order chi connectivity index (χ1) is 12.8. The number of aromatic nitrogens is 1. The molecule has 3 nitrogen and oxygen atoms in total. The first-order valence-corrected chi connectivity index (χ1v) is 10.1. The molecular formula is C23H31N3. The summed E-state index contributed by atoms with van der Waals surface area (Å²) in [5.41, 5.74) is 3.37. The molecule has 26 heavy (non-hydrogen) atoms. The largest absolute Gasteiger partial charge is 0.302 e. The van der Waals surface area contributed by atoms with Crippen LogP contribution in [0.5, 0.6) is 0 Å². The maximum absolute atomic E-state index is 4.26. The average molecular weight is 350 g/mol. The van der Waals surface area contributed by atoms with Gasteiger partial charge in [-0.3, -0.25) is 9.88 Å². The lowest BCUT2D eigenvalue weighted by Crippen LogP contribution is -2.51. The van der Waals surface area contributed by atoms with E-state index < -0.39 is 0 Å². The summed E-state index contributed by atoms with van der Waals surface area (Å²) in [5.74, 6) is 0.690. The Bertz CT molecular complexity index is 677. The van der Waals surface area contributed by atoms with Crippen molar-refractivity contribution in [3.8, 4) is 0 Å². The van der Waals surface area contributed by atoms with E-state index in [1.807, 2.05) is 18.5 Å². The lowest BCUT2D eigenvalue weighted by atomic mass is 9.68. The fourth-order valence-corrected chi connectivity index (χ4v) is 4.99. The van der Waals surface area contributed by atoms with Gasteiger partial charge in [-0.1, -0.05) is 43.3 Å². The first kappa shape index (κ1) is 17.7. The highest BCUT2D eigenvalue weighted by molar-refractivity contribution is 5.21. The molecule has 0 bridgehead atoms. The number of benzene rings is 1. The summed E-state index contributed by atoms with van der Waals surface area (Å²) in [4.78, 5) is 9.57. The second kappa shape index (κ2) is 7.89. The minimum absolute atomic E-state index is 0.500. The van der Waals surface area contributed by atoms with Gasteiger partial charge in [0.25, 0.3) is 0 Å². The normalized spacial score (nSPS) is 24.0. The molecule has 1 atom stereocenters. The van der Waals surface area contributed by atoms with Crippen molar-refractivity contribution in [2.75, 3.05) is 32.7 Å². The second-order valence-corrected chi connectivity index (χ2v) is 8.28. The molecule has 2 fully saturated rings. The van der Waals surface area contributed by atoms with Crippen LogP contribution < -0.4 is 0 Å². The van der Waals surface area contributed by atoms with E-state index >= 15 is 0 Å². The Morgan fingerprint density at radius 2 is 1.85 bits per heavy atom. The van der Waals surface area contributed by atoms with Crippen molar-refractivity contribution in [3.05, 3.63) is 66.0 Å². The zero-order chi connectivity index (χ0) is 17.8. The Kier molecular flexibility index (Phi) is 5.37. The molecule has 0 unspecified atom stereocenters. The summed E-state index contributed by atoms with van der Waals surface area (Å²) in [6, 6.07) is 15.4. The Balaban J connectivity index is 1.43. The average Bonchev–Trinajstić information content (AvgIpc) is 2.71. The van der Waals surface area contributed by atoms with Gasteiger partial charge in [-0.25, -0.2) is 0 Å². The summed E-state index contributed by atoms with van der Waals surface area (Å²) in [6.07, 6.45) is 7.88. The van der Waals surface area contributed by atoms with Crippen molar-refractivity contribution in [2.24, 2.45) is 5.41 Å². The van der Waals surface area contributed by atoms with Crippen LogP contribution in [0.3, 0.4) is 0 Å². The molecule has 0 radical (unpaired) electrons. The number of likely N-dealkylation sites (tertiary alicyclic amines) is 2. The number of pyridine rings is 1. The van der Waals surface area contributed by atoms with Crippen LogP contribution in [0.25, 0.3) is 0 Å². The van der Waals surface area contributed by atoms with Crippen molar-refractivity contribution < 1.29 is 0 Å². The van der Waals surface area contributed by atoms with Crippen LogP contribution in [-0.4, -0.2) is 47.5 Å². The van der Waals surface area contributed by atoms with Crippen molar-refractivity contribution in [1.82, 2.24) is 14.8 Å². The first-order valence-electron chi connectivity index (χ1n) is 10.1. The Morgan fingerprint density at radius 3 is 2.54 bits per heavy atom. The highest BCUT2D eigenvalue weighted by Crippen LogP contribution is 2.45. The van der Waals surface area contributed by atoms with Crippen molar-refractivity contribution in [3.63, 3.8) is 0 Å². The van der Waals surface area contributed by atoms with Gasteiger partial charge >= 0.3 is 0 Å². The van der Waals surface area contributed by atoms with Crippen LogP contribution in [0.1, 0.15) is 43.2 Å². The van der Waals surface area contributed by atoms with Gasteiger partial charge in [-0.15, -0.1) is 0 Å². The highest BCUT2D eigenvalue weighted by Gasteiger charge is 2.41. The van der Waals surface area contributed by atoms with Crippen molar-refractivity contribution in [1.29, 1.82) is 0 Å². The third kappa shape index (κ3) is 3.99. The third-order valence-electron chi connectivity index (χ3n) is 6.48. The van der Waals surface area contributed by atoms with Crippen LogP contribution >= 0.6 is 0 Å². The molecule has 2 aromatic rings. The van der Waals surface area contributed by atoms with E-state index in [0.29, 0.717) is 11.3 Å². The van der Waals surface area contributed by atoms with Crippen molar-refractivity contribution in [2.45, 2.75) is 38.6 Å². The summed E-state index contributed by atoms with van der Waals surface area (Å²) < 4.78 is 0.